The van der Waals surface area contributed by atoms with E-state index < -0.39 is 20.8 Å². The molecule has 0 saturated heterocycles. The third kappa shape index (κ3) is 10.9. The van der Waals surface area contributed by atoms with Crippen LogP contribution in [-0.4, -0.2) is 9.52 Å². The second-order valence-electron chi connectivity index (χ2n) is 13.8. The summed E-state index contributed by atoms with van der Waals surface area (Å²) in [6.07, 6.45) is 4.73. The maximum atomic E-state index is 4.93. The molecule has 6 aromatic rings. The summed E-state index contributed by atoms with van der Waals surface area (Å²) in [5, 5.41) is 5.60. The summed E-state index contributed by atoms with van der Waals surface area (Å²) in [6, 6.07) is 36.3. The zero-order valence-electron chi connectivity index (χ0n) is 32.0. The van der Waals surface area contributed by atoms with E-state index in [0.29, 0.717) is 11.8 Å². The van der Waals surface area contributed by atoms with E-state index in [1.165, 1.54) is 103 Å². The Balaban J connectivity index is 0.000000234. The van der Waals surface area contributed by atoms with E-state index in [1.54, 1.807) is 0 Å². The van der Waals surface area contributed by atoms with Gasteiger partial charge in [-0.15, -0.1) is 69.1 Å². The van der Waals surface area contributed by atoms with Crippen LogP contribution in [0.1, 0.15) is 99.6 Å². The minimum atomic E-state index is -0.826. The Morgan fingerprint density at radius 1 is 0.600 bits per heavy atom. The molecule has 50 heavy (non-hydrogen) atoms. The third-order valence-corrected chi connectivity index (χ3v) is 9.11. The van der Waals surface area contributed by atoms with Crippen LogP contribution in [0, 0.1) is 13.8 Å². The fraction of sp³-hybridized carbons (Fsp3) is 0.348. The van der Waals surface area contributed by atoms with Crippen LogP contribution >= 0.6 is 17.0 Å². The number of rotatable bonds is 8. The first kappa shape index (κ1) is 42.2. The standard InChI is InChI=1S/2C22H25.C2H6Si.2ClH.Zr/c2*1-5-8-17-13-18-11-12-19(15(2)3)22(21(18)14-17)20-10-7-6-9-16(20)4;1-3-2;;;/h2*6-7,9-15H,5,8H2,1-4H3;1-2H3;2*1H;/q2*-1;;;;+4/p-2. The Hall–Kier alpha value is -2.22. The second kappa shape index (κ2) is 21.3. The summed E-state index contributed by atoms with van der Waals surface area (Å²) in [4.78, 5) is 0. The number of hydrogen-bond acceptors (Lipinski definition) is 0. The first-order valence-electron chi connectivity index (χ1n) is 18.2. The van der Waals surface area contributed by atoms with Gasteiger partial charge in [0.05, 0.1) is 0 Å². The predicted octanol–water partition coefficient (Wildman–Crippen LogP) is 15.4. The van der Waals surface area contributed by atoms with Gasteiger partial charge < -0.3 is 0 Å². The zero-order valence-corrected chi connectivity index (χ0v) is 36.9. The van der Waals surface area contributed by atoms with Gasteiger partial charge in [-0.2, -0.15) is 12.1 Å². The molecule has 0 saturated carbocycles. The monoisotopic (exact) mass is 796 g/mol. The molecule has 6 aromatic carbocycles. The van der Waals surface area contributed by atoms with E-state index in [2.05, 4.69) is 166 Å². The van der Waals surface area contributed by atoms with Crippen molar-refractivity contribution in [3.63, 3.8) is 0 Å². The molecule has 0 aliphatic heterocycles. The molecule has 0 aromatic heterocycles. The molecule has 0 spiro atoms. The van der Waals surface area contributed by atoms with Gasteiger partial charge in [0.25, 0.3) is 0 Å². The van der Waals surface area contributed by atoms with Gasteiger partial charge >= 0.3 is 37.9 Å². The molecule has 6 rings (SSSR count). The molecule has 0 atom stereocenters. The van der Waals surface area contributed by atoms with E-state index in [1.807, 2.05) is 0 Å². The van der Waals surface area contributed by atoms with Crippen molar-refractivity contribution < 1.29 is 20.8 Å². The number of halogens is 2. The first-order chi connectivity index (χ1) is 24.1. The van der Waals surface area contributed by atoms with E-state index in [9.17, 15) is 0 Å². The summed E-state index contributed by atoms with van der Waals surface area (Å²) in [5.41, 5.74) is 14.2. The van der Waals surface area contributed by atoms with E-state index in [-0.39, 0.29) is 0 Å². The molecular weight excluding hydrogens is 743 g/mol. The van der Waals surface area contributed by atoms with Crippen molar-refractivity contribution in [3.05, 3.63) is 130 Å². The fourth-order valence-corrected chi connectivity index (χ4v) is 6.86. The average molecular weight is 799 g/mol. The van der Waals surface area contributed by atoms with Crippen LogP contribution in [0.5, 0.6) is 0 Å². The van der Waals surface area contributed by atoms with Crippen LogP contribution in [0.4, 0.5) is 0 Å². The van der Waals surface area contributed by atoms with Crippen molar-refractivity contribution in [1.82, 2.24) is 0 Å². The van der Waals surface area contributed by atoms with Crippen molar-refractivity contribution in [1.29, 1.82) is 0 Å². The van der Waals surface area contributed by atoms with Crippen molar-refractivity contribution in [2.24, 2.45) is 0 Å². The van der Waals surface area contributed by atoms with Crippen LogP contribution in [0.2, 0.25) is 13.1 Å². The molecule has 0 amide bonds. The van der Waals surface area contributed by atoms with E-state index >= 15 is 0 Å². The van der Waals surface area contributed by atoms with Crippen LogP contribution in [0.3, 0.4) is 0 Å². The van der Waals surface area contributed by atoms with Gasteiger partial charge in [-0.1, -0.05) is 138 Å². The number of aryl methyl sites for hydroxylation is 4. The quantitative estimate of drug-likeness (QED) is 0.106. The first-order valence-corrected chi connectivity index (χ1v) is 26.5. The van der Waals surface area contributed by atoms with Crippen LogP contribution in [-0.2, 0) is 33.7 Å². The van der Waals surface area contributed by atoms with Crippen LogP contribution in [0.25, 0.3) is 43.8 Å². The van der Waals surface area contributed by atoms with Gasteiger partial charge in [-0.3, -0.25) is 0 Å². The van der Waals surface area contributed by atoms with Crippen molar-refractivity contribution >= 4 is 48.1 Å². The van der Waals surface area contributed by atoms with Crippen LogP contribution < -0.4 is 0 Å². The van der Waals surface area contributed by atoms with Crippen molar-refractivity contribution in [3.8, 4) is 22.3 Å². The fourth-order valence-electron chi connectivity index (χ4n) is 6.86. The summed E-state index contributed by atoms with van der Waals surface area (Å²) in [6.45, 7) is 22.4. The Morgan fingerprint density at radius 2 is 0.940 bits per heavy atom. The topological polar surface area (TPSA) is 0 Å². The summed E-state index contributed by atoms with van der Waals surface area (Å²) < 4.78 is 0. The van der Waals surface area contributed by atoms with Gasteiger partial charge in [0.1, 0.15) is 0 Å². The molecule has 0 heterocycles. The maximum absolute atomic E-state index is 4.93. The molecule has 0 aliphatic carbocycles. The van der Waals surface area contributed by atoms with Gasteiger partial charge in [0.15, 0.2) is 0 Å². The Kier molecular flexibility index (Phi) is 18.0. The normalized spacial score (nSPS) is 10.7. The molecule has 0 unspecified atom stereocenters. The number of benzene rings is 4. The van der Waals surface area contributed by atoms with Crippen molar-refractivity contribution in [2.75, 3.05) is 0 Å². The summed E-state index contributed by atoms with van der Waals surface area (Å²) in [5.74, 6) is 1.06. The van der Waals surface area contributed by atoms with Gasteiger partial charge in [0.2, 0.25) is 0 Å². The summed E-state index contributed by atoms with van der Waals surface area (Å²) in [7, 11) is 11.0. The molecule has 0 bridgehead atoms. The molecule has 4 heteroatoms. The molecule has 2 radical (unpaired) electrons. The van der Waals surface area contributed by atoms with E-state index in [4.69, 9.17) is 17.0 Å². The van der Waals surface area contributed by atoms with Crippen molar-refractivity contribution in [2.45, 2.75) is 106 Å². The van der Waals surface area contributed by atoms with Gasteiger partial charge in [-0.25, -0.2) is 0 Å². The molecule has 0 nitrogen and oxygen atoms in total. The molecule has 0 N–H and O–H groups in total. The number of hydrogen-bond donors (Lipinski definition) is 0. The average Bonchev–Trinajstić information content (AvgIpc) is 3.69. The van der Waals surface area contributed by atoms with Gasteiger partial charge in [0, 0.05) is 9.52 Å². The van der Waals surface area contributed by atoms with Gasteiger partial charge in [-0.05, 0) is 60.8 Å². The predicted molar refractivity (Wildman–Crippen MR) is 225 cm³/mol. The van der Waals surface area contributed by atoms with Crippen LogP contribution in [0.15, 0.2) is 97.1 Å². The Bertz CT molecular complexity index is 1770. The number of fused-ring (bicyclic) bond motifs is 2. The third-order valence-electron chi connectivity index (χ3n) is 9.11. The second-order valence-corrected chi connectivity index (χ2v) is 18.5. The molecule has 262 valence electrons. The Labute approximate surface area is 325 Å². The van der Waals surface area contributed by atoms with E-state index in [0.717, 1.165) is 9.52 Å². The molecule has 0 aliphatic rings. The molecule has 0 fully saturated rings. The summed E-state index contributed by atoms with van der Waals surface area (Å²) >= 11 is -0.826. The Morgan fingerprint density at radius 3 is 1.24 bits per heavy atom. The minimum absolute atomic E-state index is 0.531. The zero-order chi connectivity index (χ0) is 36.8. The molecular formula is C46H56Cl2SiZr. The SMILES string of the molecule is CCCc1cc2c(-c3ccccc3C)c(C(C)C)ccc2[cH-]1.CCCc1cc2c(-c3ccccc3C)c(C(C)C)ccc2[cH-]1.C[Si]C.[Cl][Zr+2][Cl].